The number of nitrogens with one attached hydrogen (secondary N) is 4. The first kappa shape index (κ1) is 35.9. The van der Waals surface area contributed by atoms with Gasteiger partial charge in [-0.15, -0.1) is 0 Å². The van der Waals surface area contributed by atoms with Gasteiger partial charge in [-0.25, -0.2) is 18.0 Å². The third-order valence-corrected chi connectivity index (χ3v) is 11.2. The fourth-order valence-electron chi connectivity index (χ4n) is 6.61. The molecule has 3 aliphatic carbocycles. The molecule has 0 aromatic heterocycles. The van der Waals surface area contributed by atoms with Crippen molar-refractivity contribution in [3.63, 3.8) is 0 Å². The summed E-state index contributed by atoms with van der Waals surface area (Å²) >= 11 is 0. The zero-order chi connectivity index (χ0) is 34.7. The second kappa shape index (κ2) is 14.6. The Morgan fingerprint density at radius 1 is 1.00 bits per heavy atom. The van der Waals surface area contributed by atoms with Crippen LogP contribution in [0.2, 0.25) is 0 Å². The van der Waals surface area contributed by atoms with Gasteiger partial charge in [0.1, 0.15) is 29.3 Å². The van der Waals surface area contributed by atoms with Crippen molar-refractivity contribution in [2.75, 3.05) is 19.8 Å². The first-order chi connectivity index (χ1) is 22.7. The highest BCUT2D eigenvalue weighted by molar-refractivity contribution is 7.91. The summed E-state index contributed by atoms with van der Waals surface area (Å²) in [4.78, 5) is 68.6. The molecule has 0 aromatic rings. The van der Waals surface area contributed by atoms with Crippen LogP contribution in [0.1, 0.15) is 91.4 Å². The monoisotopic (exact) mass is 695 g/mol. The van der Waals surface area contributed by atoms with Gasteiger partial charge in [0.15, 0.2) is 0 Å². The summed E-state index contributed by atoms with van der Waals surface area (Å²) in [5.74, 6) is -2.64. The van der Waals surface area contributed by atoms with Crippen LogP contribution >= 0.6 is 0 Å². The third-order valence-electron chi connectivity index (χ3n) is 9.37. The SMILES string of the molecule is CC(C)(C)OC(=O)N[C@H]1CCCOC/C=C\[C@H]2C[C@@]2(C(=O)NS(=O)(=O)C2CC2)NC(=O)[C@@H]2C[C@@H](OC(=O)NC3CCCCC3)CN2C1=O. The zero-order valence-electron chi connectivity index (χ0n) is 28.0. The fraction of sp³-hybridized carbons (Fsp3) is 0.781. The van der Waals surface area contributed by atoms with Crippen molar-refractivity contribution in [2.24, 2.45) is 5.92 Å². The minimum Gasteiger partial charge on any atom is -0.444 e. The number of hydrogen-bond donors (Lipinski definition) is 4. The number of carbonyl (C=O) groups is 5. The summed E-state index contributed by atoms with van der Waals surface area (Å²) in [7, 11) is -3.90. The first-order valence-corrected chi connectivity index (χ1v) is 18.6. The fourth-order valence-corrected chi connectivity index (χ4v) is 7.97. The van der Waals surface area contributed by atoms with Crippen LogP contribution in [0.5, 0.6) is 0 Å². The zero-order valence-corrected chi connectivity index (χ0v) is 28.8. The minimum atomic E-state index is -3.90. The quantitative estimate of drug-likeness (QED) is 0.297. The normalized spacial score (nSPS) is 31.1. The van der Waals surface area contributed by atoms with Crippen LogP contribution in [0.25, 0.3) is 0 Å². The highest BCUT2D eigenvalue weighted by Gasteiger charge is 2.62. The van der Waals surface area contributed by atoms with Crippen molar-refractivity contribution in [1.82, 2.24) is 25.6 Å². The second-order valence-electron chi connectivity index (χ2n) is 14.5. The molecule has 5 aliphatic rings. The standard InChI is InChI=1S/C32H49N5O10S/c1-31(2,3)47-30(42)34-24-12-8-16-45-15-7-9-20-18-32(20,28(40)36-48(43,44)23-13-14-23)35-26(38)25-17-22(19-37(25)27(24)39)46-29(41)33-21-10-5-4-6-11-21/h7,9,20-25H,4-6,8,10-19H2,1-3H3,(H,33,41)(H,34,42)(H,35,38)(H,36,40)/b9-7-/t20-,22+,24-,25-,32+/m0/s1. The summed E-state index contributed by atoms with van der Waals surface area (Å²) in [5, 5.41) is 7.64. The molecule has 5 rings (SSSR count). The Balaban J connectivity index is 1.38. The first-order valence-electron chi connectivity index (χ1n) is 17.1. The summed E-state index contributed by atoms with van der Waals surface area (Å²) in [6.07, 6.45) is 7.48. The van der Waals surface area contributed by atoms with E-state index in [1.54, 1.807) is 32.9 Å². The molecule has 0 spiro atoms. The predicted molar refractivity (Wildman–Crippen MR) is 172 cm³/mol. The lowest BCUT2D eigenvalue weighted by Crippen LogP contribution is -2.58. The molecule has 16 heteroatoms. The summed E-state index contributed by atoms with van der Waals surface area (Å²) in [5.41, 5.74) is -2.39. The molecule has 2 aliphatic heterocycles. The van der Waals surface area contributed by atoms with E-state index in [0.717, 1.165) is 32.1 Å². The van der Waals surface area contributed by atoms with Crippen molar-refractivity contribution in [1.29, 1.82) is 0 Å². The molecule has 48 heavy (non-hydrogen) atoms. The molecule has 5 amide bonds. The number of nitrogens with zero attached hydrogens (tertiary/aromatic N) is 1. The maximum atomic E-state index is 14.1. The van der Waals surface area contributed by atoms with E-state index in [1.165, 1.54) is 4.90 Å². The Morgan fingerprint density at radius 2 is 1.73 bits per heavy atom. The predicted octanol–water partition coefficient (Wildman–Crippen LogP) is 1.76. The number of rotatable bonds is 6. The van der Waals surface area contributed by atoms with Gasteiger partial charge in [0.05, 0.1) is 18.4 Å². The van der Waals surface area contributed by atoms with Crippen molar-refractivity contribution < 1.29 is 46.6 Å². The highest BCUT2D eigenvalue weighted by Crippen LogP contribution is 2.46. The Labute approximate surface area is 281 Å². The lowest BCUT2D eigenvalue weighted by molar-refractivity contribution is -0.141. The van der Waals surface area contributed by atoms with Crippen LogP contribution in [0.15, 0.2) is 12.2 Å². The Bertz CT molecular complexity index is 1390. The van der Waals surface area contributed by atoms with Crippen LogP contribution in [-0.4, -0.2) is 104 Å². The molecule has 4 fully saturated rings. The molecule has 5 atom stereocenters. The van der Waals surface area contributed by atoms with E-state index in [4.69, 9.17) is 14.2 Å². The summed E-state index contributed by atoms with van der Waals surface area (Å²) < 4.78 is 44.3. The number of alkyl carbamates (subject to hydrolysis) is 2. The number of sulfonamides is 1. The lowest BCUT2D eigenvalue weighted by atomic mass is 9.96. The largest absolute Gasteiger partial charge is 0.444 e. The minimum absolute atomic E-state index is 0.0159. The molecule has 0 unspecified atom stereocenters. The van der Waals surface area contributed by atoms with Crippen molar-refractivity contribution in [3.8, 4) is 0 Å². The van der Waals surface area contributed by atoms with Gasteiger partial charge in [-0.2, -0.15) is 0 Å². The molecule has 268 valence electrons. The molecule has 1 saturated heterocycles. The molecule has 0 aromatic carbocycles. The van der Waals surface area contributed by atoms with Crippen molar-refractivity contribution >= 4 is 39.9 Å². The number of fused-ring (bicyclic) bond motifs is 2. The van der Waals surface area contributed by atoms with E-state index in [2.05, 4.69) is 20.7 Å². The Kier molecular flexibility index (Phi) is 10.9. The van der Waals surface area contributed by atoms with Crippen LogP contribution in [0.4, 0.5) is 9.59 Å². The third kappa shape index (κ3) is 9.18. The second-order valence-corrected chi connectivity index (χ2v) is 16.5. The van der Waals surface area contributed by atoms with Gasteiger partial charge in [-0.05, 0) is 65.7 Å². The van der Waals surface area contributed by atoms with Gasteiger partial charge in [-0.1, -0.05) is 31.4 Å². The molecular weight excluding hydrogens is 646 g/mol. The molecule has 4 N–H and O–H groups in total. The molecule has 0 bridgehead atoms. The number of ether oxygens (including phenoxy) is 3. The summed E-state index contributed by atoms with van der Waals surface area (Å²) in [6.45, 7) is 5.41. The van der Waals surface area contributed by atoms with Gasteiger partial charge in [0, 0.05) is 25.0 Å². The van der Waals surface area contributed by atoms with E-state index >= 15 is 0 Å². The molecule has 3 saturated carbocycles. The van der Waals surface area contributed by atoms with Gasteiger partial charge in [-0.3, -0.25) is 19.1 Å². The molecular formula is C32H49N5O10S. The smallest absolute Gasteiger partial charge is 0.408 e. The van der Waals surface area contributed by atoms with Crippen molar-refractivity contribution in [3.05, 3.63) is 12.2 Å². The maximum Gasteiger partial charge on any atom is 0.408 e. The van der Waals surface area contributed by atoms with Gasteiger partial charge in [0.25, 0.3) is 5.91 Å². The van der Waals surface area contributed by atoms with E-state index < -0.39 is 80.4 Å². The molecule has 2 heterocycles. The van der Waals surface area contributed by atoms with E-state index in [1.807, 2.05) is 0 Å². The number of carbonyl (C=O) groups excluding carboxylic acids is 5. The van der Waals surface area contributed by atoms with Crippen LogP contribution in [0, 0.1) is 5.92 Å². The van der Waals surface area contributed by atoms with Gasteiger partial charge in [0.2, 0.25) is 21.8 Å². The Hall–Kier alpha value is -3.40. The summed E-state index contributed by atoms with van der Waals surface area (Å²) in [6, 6.07) is -2.29. The molecule has 15 nitrogen and oxygen atoms in total. The average molecular weight is 696 g/mol. The average Bonchev–Trinajstić information content (AvgIpc) is 3.92. The number of amides is 5. The highest BCUT2D eigenvalue weighted by atomic mass is 32.2. The van der Waals surface area contributed by atoms with Crippen LogP contribution in [0.3, 0.4) is 0 Å². The number of hydrogen-bond acceptors (Lipinski definition) is 10. The van der Waals surface area contributed by atoms with Crippen LogP contribution in [-0.2, 0) is 38.6 Å². The lowest BCUT2D eigenvalue weighted by Gasteiger charge is -2.30. The maximum absolute atomic E-state index is 14.1. The molecule has 0 radical (unpaired) electrons. The van der Waals surface area contributed by atoms with E-state index in [-0.39, 0.29) is 45.1 Å². The van der Waals surface area contributed by atoms with Crippen molar-refractivity contribution in [2.45, 2.75) is 132 Å². The Morgan fingerprint density at radius 3 is 2.42 bits per heavy atom. The van der Waals surface area contributed by atoms with E-state index in [0.29, 0.717) is 19.3 Å². The van der Waals surface area contributed by atoms with Crippen LogP contribution < -0.4 is 20.7 Å². The topological polar surface area (TPSA) is 199 Å². The van der Waals surface area contributed by atoms with Gasteiger partial charge < -0.3 is 35.1 Å². The van der Waals surface area contributed by atoms with Gasteiger partial charge >= 0.3 is 12.2 Å². The van der Waals surface area contributed by atoms with E-state index in [9.17, 15) is 32.4 Å².